The molecular formula is C9H13F2NO3S. The Hall–Kier alpha value is -0.850. The summed E-state index contributed by atoms with van der Waals surface area (Å²) < 4.78 is 26.4. The summed E-state index contributed by atoms with van der Waals surface area (Å²) in [6.07, 6.45) is -0.433. The lowest BCUT2D eigenvalue weighted by Gasteiger charge is -2.19. The van der Waals surface area contributed by atoms with Gasteiger partial charge in [-0.25, -0.2) is 13.6 Å². The standard InChI is InChI=1S/C9H13F2NO3S/c1-4-2-5(3-9(4,10)11)6(7(13)14)12-8(15)16/h4-6H,2-3H2,1H3,(H,13,14)(H2,12,15,16). The van der Waals surface area contributed by atoms with Crippen LogP contribution in [0.4, 0.5) is 13.6 Å². The van der Waals surface area contributed by atoms with E-state index < -0.39 is 41.4 Å². The van der Waals surface area contributed by atoms with Crippen LogP contribution in [0.1, 0.15) is 19.8 Å². The van der Waals surface area contributed by atoms with E-state index in [1.54, 1.807) is 0 Å². The first-order valence-corrected chi connectivity index (χ1v) is 5.29. The summed E-state index contributed by atoms with van der Waals surface area (Å²) in [4.78, 5) is 21.5. The molecule has 92 valence electrons. The molecule has 16 heavy (non-hydrogen) atoms. The average Bonchev–Trinajstić information content (AvgIpc) is 2.36. The Morgan fingerprint density at radius 3 is 2.44 bits per heavy atom. The predicted molar refractivity (Wildman–Crippen MR) is 55.8 cm³/mol. The Kier molecular flexibility index (Phi) is 3.77. The van der Waals surface area contributed by atoms with E-state index in [1.807, 2.05) is 0 Å². The second kappa shape index (κ2) is 4.57. The van der Waals surface area contributed by atoms with E-state index in [9.17, 15) is 18.4 Å². The van der Waals surface area contributed by atoms with E-state index in [4.69, 9.17) is 5.11 Å². The Labute approximate surface area is 96.8 Å². The lowest BCUT2D eigenvalue weighted by Crippen LogP contribution is -2.43. The molecule has 0 aromatic heterocycles. The zero-order valence-electron chi connectivity index (χ0n) is 8.61. The first-order chi connectivity index (χ1) is 7.24. The molecule has 4 nitrogen and oxygen atoms in total. The van der Waals surface area contributed by atoms with Crippen molar-refractivity contribution in [2.45, 2.75) is 31.7 Å². The van der Waals surface area contributed by atoms with Crippen LogP contribution in [-0.2, 0) is 4.79 Å². The molecule has 2 N–H and O–H groups in total. The minimum Gasteiger partial charge on any atom is -0.480 e. The minimum atomic E-state index is -2.86. The van der Waals surface area contributed by atoms with E-state index in [0.29, 0.717) is 0 Å². The second-order valence-corrected chi connectivity index (χ2v) is 4.53. The van der Waals surface area contributed by atoms with Crippen molar-refractivity contribution in [3.63, 3.8) is 0 Å². The van der Waals surface area contributed by atoms with Crippen LogP contribution in [0.2, 0.25) is 0 Å². The maximum Gasteiger partial charge on any atom is 0.326 e. The highest BCUT2D eigenvalue weighted by Crippen LogP contribution is 2.44. The summed E-state index contributed by atoms with van der Waals surface area (Å²) in [6.45, 7) is 1.38. The van der Waals surface area contributed by atoms with Gasteiger partial charge in [0, 0.05) is 12.3 Å². The Morgan fingerprint density at radius 2 is 2.12 bits per heavy atom. The normalized spacial score (nSPS) is 29.8. The number of carboxylic acids is 1. The molecule has 3 atom stereocenters. The molecule has 0 saturated heterocycles. The summed E-state index contributed by atoms with van der Waals surface area (Å²) in [7, 11) is 0. The van der Waals surface area contributed by atoms with Crippen molar-refractivity contribution in [3.8, 4) is 0 Å². The highest BCUT2D eigenvalue weighted by molar-refractivity contribution is 7.96. The van der Waals surface area contributed by atoms with E-state index in [-0.39, 0.29) is 6.42 Å². The lowest BCUT2D eigenvalue weighted by molar-refractivity contribution is -0.140. The molecule has 0 bridgehead atoms. The number of thiol groups is 1. The molecule has 0 heterocycles. The highest BCUT2D eigenvalue weighted by Gasteiger charge is 2.50. The number of halogens is 2. The summed E-state index contributed by atoms with van der Waals surface area (Å²) in [5, 5.41) is 10.1. The van der Waals surface area contributed by atoms with Gasteiger partial charge in [-0.05, 0) is 12.3 Å². The fraction of sp³-hybridized carbons (Fsp3) is 0.778. The Morgan fingerprint density at radius 1 is 1.56 bits per heavy atom. The number of carbonyl (C=O) groups excluding carboxylic acids is 1. The van der Waals surface area contributed by atoms with Gasteiger partial charge in [-0.3, -0.25) is 4.79 Å². The number of alkyl halides is 2. The third-order valence-corrected chi connectivity index (χ3v) is 3.06. The zero-order valence-corrected chi connectivity index (χ0v) is 9.51. The maximum absolute atomic E-state index is 13.2. The molecule has 1 rings (SSSR count). The molecule has 1 aliphatic carbocycles. The Bertz CT molecular complexity index is 311. The third kappa shape index (κ3) is 2.84. The molecule has 3 unspecified atom stereocenters. The first kappa shape index (κ1) is 13.2. The summed E-state index contributed by atoms with van der Waals surface area (Å²) in [6, 6.07) is -1.29. The van der Waals surface area contributed by atoms with Crippen LogP contribution in [0.25, 0.3) is 0 Å². The van der Waals surface area contributed by atoms with Gasteiger partial charge in [0.05, 0.1) is 0 Å². The topological polar surface area (TPSA) is 66.4 Å². The number of carbonyl (C=O) groups is 2. The molecule has 0 aromatic rings. The summed E-state index contributed by atoms with van der Waals surface area (Å²) in [5.74, 6) is -5.79. The van der Waals surface area contributed by atoms with E-state index in [2.05, 4.69) is 17.9 Å². The molecule has 7 heteroatoms. The van der Waals surface area contributed by atoms with E-state index in [1.165, 1.54) is 6.92 Å². The second-order valence-electron chi connectivity index (χ2n) is 4.13. The molecule has 1 saturated carbocycles. The van der Waals surface area contributed by atoms with Gasteiger partial charge in [-0.1, -0.05) is 19.6 Å². The van der Waals surface area contributed by atoms with Crippen molar-refractivity contribution >= 4 is 23.8 Å². The molecule has 0 aromatic carbocycles. The molecule has 0 radical (unpaired) electrons. The number of rotatable bonds is 3. The van der Waals surface area contributed by atoms with Crippen molar-refractivity contribution in [2.75, 3.05) is 0 Å². The maximum atomic E-state index is 13.2. The average molecular weight is 253 g/mol. The SMILES string of the molecule is CC1CC(C(NC(=O)S)C(=O)O)CC1(F)F. The molecular weight excluding hydrogens is 240 g/mol. The fourth-order valence-corrected chi connectivity index (χ4v) is 2.17. The monoisotopic (exact) mass is 253 g/mol. The van der Waals surface area contributed by atoms with Crippen molar-refractivity contribution in [3.05, 3.63) is 0 Å². The number of hydrogen-bond acceptors (Lipinski definition) is 2. The van der Waals surface area contributed by atoms with Crippen LogP contribution in [0, 0.1) is 11.8 Å². The van der Waals surface area contributed by atoms with E-state index in [0.717, 1.165) is 0 Å². The van der Waals surface area contributed by atoms with Gasteiger partial charge in [-0.15, -0.1) is 0 Å². The molecule has 1 fully saturated rings. The van der Waals surface area contributed by atoms with Crippen LogP contribution in [0.3, 0.4) is 0 Å². The number of aliphatic carboxylic acids is 1. The van der Waals surface area contributed by atoms with Gasteiger partial charge in [0.1, 0.15) is 6.04 Å². The van der Waals surface area contributed by atoms with Crippen LogP contribution >= 0.6 is 12.6 Å². The quantitative estimate of drug-likeness (QED) is 0.671. The molecule has 0 aliphatic heterocycles. The number of nitrogens with one attached hydrogen (secondary N) is 1. The number of carboxylic acid groups (broad SMARTS) is 1. The fourth-order valence-electron chi connectivity index (χ4n) is 2.03. The largest absolute Gasteiger partial charge is 0.480 e. The van der Waals surface area contributed by atoms with Crippen molar-refractivity contribution in [2.24, 2.45) is 11.8 Å². The van der Waals surface area contributed by atoms with Gasteiger partial charge < -0.3 is 10.4 Å². The number of hydrogen-bond donors (Lipinski definition) is 3. The molecule has 1 aliphatic rings. The zero-order chi connectivity index (χ0) is 12.5. The highest BCUT2D eigenvalue weighted by atomic mass is 32.1. The van der Waals surface area contributed by atoms with Crippen LogP contribution in [-0.4, -0.2) is 28.3 Å². The summed E-state index contributed by atoms with van der Waals surface area (Å²) in [5.41, 5.74) is 0. The third-order valence-electron chi connectivity index (χ3n) is 2.93. The lowest BCUT2D eigenvalue weighted by atomic mass is 9.97. The predicted octanol–water partition coefficient (Wildman–Crippen LogP) is 1.76. The smallest absolute Gasteiger partial charge is 0.326 e. The van der Waals surface area contributed by atoms with Crippen molar-refractivity contribution < 1.29 is 23.5 Å². The van der Waals surface area contributed by atoms with Gasteiger partial charge >= 0.3 is 5.97 Å². The minimum absolute atomic E-state index is 0.0814. The van der Waals surface area contributed by atoms with Gasteiger partial charge in [0.2, 0.25) is 0 Å². The van der Waals surface area contributed by atoms with Gasteiger partial charge in [0.25, 0.3) is 11.2 Å². The van der Waals surface area contributed by atoms with Gasteiger partial charge in [0.15, 0.2) is 0 Å². The van der Waals surface area contributed by atoms with E-state index >= 15 is 0 Å². The first-order valence-electron chi connectivity index (χ1n) is 4.84. The van der Waals surface area contributed by atoms with Crippen LogP contribution in [0.15, 0.2) is 0 Å². The van der Waals surface area contributed by atoms with Crippen LogP contribution < -0.4 is 5.32 Å². The molecule has 1 amide bonds. The Balaban J connectivity index is 2.75. The van der Waals surface area contributed by atoms with Crippen LogP contribution in [0.5, 0.6) is 0 Å². The van der Waals surface area contributed by atoms with Gasteiger partial charge in [-0.2, -0.15) is 0 Å². The van der Waals surface area contributed by atoms with Crippen molar-refractivity contribution in [1.82, 2.24) is 5.32 Å². The molecule has 0 spiro atoms. The number of amides is 1. The van der Waals surface area contributed by atoms with Crippen molar-refractivity contribution in [1.29, 1.82) is 0 Å². The summed E-state index contributed by atoms with van der Waals surface area (Å²) >= 11 is 3.39.